The minimum atomic E-state index is -0.216. The normalized spacial score (nSPS) is 13.4. The van der Waals surface area contributed by atoms with E-state index in [-0.39, 0.29) is 11.9 Å². The third-order valence-corrected chi connectivity index (χ3v) is 2.27. The molecule has 3 heteroatoms. The van der Waals surface area contributed by atoms with E-state index in [2.05, 4.69) is 4.98 Å². The zero-order chi connectivity index (χ0) is 10.1. The van der Waals surface area contributed by atoms with Crippen molar-refractivity contribution in [3.63, 3.8) is 0 Å². The molecule has 0 aliphatic carbocycles. The molecule has 74 valence electrons. The number of aromatic nitrogens is 1. The number of halogens is 1. The molecule has 0 spiro atoms. The van der Waals surface area contributed by atoms with E-state index in [9.17, 15) is 4.39 Å². The highest BCUT2D eigenvalue weighted by atomic mass is 19.1. The van der Waals surface area contributed by atoms with Crippen LogP contribution in [0.3, 0.4) is 0 Å². The fourth-order valence-corrected chi connectivity index (χ4v) is 1.67. The molecule has 1 atom stereocenters. The first-order valence-electron chi connectivity index (χ1n) is 4.68. The smallest absolute Gasteiger partial charge is 0.125 e. The second-order valence-corrected chi connectivity index (χ2v) is 3.69. The number of hydrogen-bond acceptors (Lipinski definition) is 1. The van der Waals surface area contributed by atoms with Crippen molar-refractivity contribution < 1.29 is 4.39 Å². The fourth-order valence-electron chi connectivity index (χ4n) is 1.67. The lowest BCUT2D eigenvalue weighted by atomic mass is 10.1. The Morgan fingerprint density at radius 1 is 1.50 bits per heavy atom. The van der Waals surface area contributed by atoms with Gasteiger partial charge < -0.3 is 10.7 Å². The van der Waals surface area contributed by atoms with Gasteiger partial charge in [0.1, 0.15) is 5.82 Å². The summed E-state index contributed by atoms with van der Waals surface area (Å²) < 4.78 is 12.9. The molecule has 0 bridgehead atoms. The predicted octanol–water partition coefficient (Wildman–Crippen LogP) is 2.20. The van der Waals surface area contributed by atoms with E-state index >= 15 is 0 Å². The van der Waals surface area contributed by atoms with Gasteiger partial charge in [0.15, 0.2) is 0 Å². The van der Waals surface area contributed by atoms with E-state index < -0.39 is 0 Å². The lowest BCUT2D eigenvalue weighted by Gasteiger charge is -2.02. The first-order valence-corrected chi connectivity index (χ1v) is 4.68. The summed E-state index contributed by atoms with van der Waals surface area (Å²) in [5.41, 5.74) is 7.70. The molecule has 2 nitrogen and oxygen atoms in total. The average molecular weight is 192 g/mol. The van der Waals surface area contributed by atoms with Crippen molar-refractivity contribution in [1.82, 2.24) is 4.98 Å². The molecule has 2 rings (SSSR count). The van der Waals surface area contributed by atoms with E-state index in [0.29, 0.717) is 0 Å². The van der Waals surface area contributed by atoms with Gasteiger partial charge in [0.05, 0.1) is 0 Å². The summed E-state index contributed by atoms with van der Waals surface area (Å²) in [6, 6.07) is 4.89. The van der Waals surface area contributed by atoms with Crippen molar-refractivity contribution in [3.8, 4) is 0 Å². The lowest BCUT2D eigenvalue weighted by Crippen LogP contribution is -2.17. The molecule has 0 fully saturated rings. The van der Waals surface area contributed by atoms with Gasteiger partial charge in [-0.3, -0.25) is 0 Å². The van der Waals surface area contributed by atoms with Crippen molar-refractivity contribution in [1.29, 1.82) is 0 Å². The quantitative estimate of drug-likeness (QED) is 0.752. The Balaban J connectivity index is 2.47. The SMILES string of the molecule is CC(N)Cc1c[nH]c2cc(F)ccc12. The Labute approximate surface area is 81.9 Å². The lowest BCUT2D eigenvalue weighted by molar-refractivity contribution is 0.629. The molecule has 1 unspecified atom stereocenters. The summed E-state index contributed by atoms with van der Waals surface area (Å²) in [5.74, 6) is -0.216. The molecule has 0 radical (unpaired) electrons. The van der Waals surface area contributed by atoms with Gasteiger partial charge in [0.2, 0.25) is 0 Å². The number of rotatable bonds is 2. The van der Waals surface area contributed by atoms with Crippen molar-refractivity contribution in [2.75, 3.05) is 0 Å². The molecule has 2 aromatic rings. The Morgan fingerprint density at radius 3 is 3.00 bits per heavy atom. The monoisotopic (exact) mass is 192 g/mol. The van der Waals surface area contributed by atoms with Crippen molar-refractivity contribution in [2.45, 2.75) is 19.4 Å². The summed E-state index contributed by atoms with van der Waals surface area (Å²) in [4.78, 5) is 3.04. The summed E-state index contributed by atoms with van der Waals surface area (Å²) in [6.07, 6.45) is 2.71. The van der Waals surface area contributed by atoms with Crippen LogP contribution in [-0.4, -0.2) is 11.0 Å². The maximum absolute atomic E-state index is 12.9. The largest absolute Gasteiger partial charge is 0.361 e. The molecule has 1 aromatic heterocycles. The predicted molar refractivity (Wildman–Crippen MR) is 55.6 cm³/mol. The third-order valence-electron chi connectivity index (χ3n) is 2.27. The maximum Gasteiger partial charge on any atom is 0.125 e. The standard InChI is InChI=1S/C11H13FN2/c1-7(13)4-8-6-14-11-5-9(12)2-3-10(8)11/h2-3,5-7,14H,4,13H2,1H3. The Kier molecular flexibility index (Phi) is 2.25. The first kappa shape index (κ1) is 9.21. The zero-order valence-electron chi connectivity index (χ0n) is 8.05. The van der Waals surface area contributed by atoms with Crippen LogP contribution in [0.5, 0.6) is 0 Å². The molecular weight excluding hydrogens is 179 g/mol. The van der Waals surface area contributed by atoms with E-state index in [1.807, 2.05) is 13.1 Å². The molecule has 1 aromatic carbocycles. The molecule has 0 amide bonds. The summed E-state index contributed by atoms with van der Waals surface area (Å²) in [7, 11) is 0. The van der Waals surface area contributed by atoms with Crippen molar-refractivity contribution in [3.05, 3.63) is 35.8 Å². The second kappa shape index (κ2) is 3.42. The first-order chi connectivity index (χ1) is 6.66. The number of fused-ring (bicyclic) bond motifs is 1. The average Bonchev–Trinajstić information content (AvgIpc) is 2.47. The summed E-state index contributed by atoms with van der Waals surface area (Å²) >= 11 is 0. The van der Waals surface area contributed by atoms with Gasteiger partial charge >= 0.3 is 0 Å². The molecule has 3 N–H and O–H groups in total. The van der Waals surface area contributed by atoms with Crippen LogP contribution >= 0.6 is 0 Å². The molecule has 14 heavy (non-hydrogen) atoms. The second-order valence-electron chi connectivity index (χ2n) is 3.69. The number of nitrogens with two attached hydrogens (primary N) is 1. The number of benzene rings is 1. The maximum atomic E-state index is 12.9. The van der Waals surface area contributed by atoms with Crippen LogP contribution in [0.15, 0.2) is 24.4 Å². The molecular formula is C11H13FN2. The van der Waals surface area contributed by atoms with Gasteiger partial charge in [-0.25, -0.2) is 4.39 Å². The Morgan fingerprint density at radius 2 is 2.29 bits per heavy atom. The van der Waals surface area contributed by atoms with Crippen LogP contribution in [0.4, 0.5) is 4.39 Å². The van der Waals surface area contributed by atoms with Gasteiger partial charge in [0, 0.05) is 23.1 Å². The van der Waals surface area contributed by atoms with E-state index in [1.54, 1.807) is 6.07 Å². The van der Waals surface area contributed by atoms with Crippen LogP contribution in [0, 0.1) is 5.82 Å². The number of nitrogens with one attached hydrogen (secondary N) is 1. The summed E-state index contributed by atoms with van der Waals surface area (Å²) in [5, 5.41) is 1.06. The van der Waals surface area contributed by atoms with Gasteiger partial charge in [-0.2, -0.15) is 0 Å². The van der Waals surface area contributed by atoms with Gasteiger partial charge in [-0.05, 0) is 37.1 Å². The minimum absolute atomic E-state index is 0.124. The number of H-pyrrole nitrogens is 1. The van der Waals surface area contributed by atoms with Crippen molar-refractivity contribution in [2.24, 2.45) is 5.73 Å². The van der Waals surface area contributed by atoms with E-state index in [0.717, 1.165) is 22.9 Å². The molecule has 0 saturated heterocycles. The number of aromatic amines is 1. The molecule has 1 heterocycles. The fraction of sp³-hybridized carbons (Fsp3) is 0.273. The highest BCUT2D eigenvalue weighted by molar-refractivity contribution is 5.83. The Hall–Kier alpha value is -1.35. The van der Waals surface area contributed by atoms with Crippen LogP contribution in [0.2, 0.25) is 0 Å². The Bertz CT molecular complexity index is 445. The van der Waals surface area contributed by atoms with Gasteiger partial charge in [-0.15, -0.1) is 0 Å². The van der Waals surface area contributed by atoms with Crippen LogP contribution in [-0.2, 0) is 6.42 Å². The molecule has 0 aliphatic rings. The van der Waals surface area contributed by atoms with E-state index in [4.69, 9.17) is 5.73 Å². The summed E-state index contributed by atoms with van der Waals surface area (Å²) in [6.45, 7) is 1.96. The van der Waals surface area contributed by atoms with Gasteiger partial charge in [0.25, 0.3) is 0 Å². The highest BCUT2D eigenvalue weighted by Crippen LogP contribution is 2.19. The van der Waals surface area contributed by atoms with Crippen molar-refractivity contribution >= 4 is 10.9 Å². The molecule has 0 aliphatic heterocycles. The van der Waals surface area contributed by atoms with Crippen LogP contribution in [0.1, 0.15) is 12.5 Å². The topological polar surface area (TPSA) is 41.8 Å². The van der Waals surface area contributed by atoms with Crippen LogP contribution < -0.4 is 5.73 Å². The molecule has 0 saturated carbocycles. The third kappa shape index (κ3) is 1.63. The number of hydrogen-bond donors (Lipinski definition) is 2. The van der Waals surface area contributed by atoms with Gasteiger partial charge in [-0.1, -0.05) is 0 Å². The minimum Gasteiger partial charge on any atom is -0.361 e. The zero-order valence-corrected chi connectivity index (χ0v) is 8.05. The highest BCUT2D eigenvalue weighted by Gasteiger charge is 2.05. The van der Waals surface area contributed by atoms with E-state index in [1.165, 1.54) is 12.1 Å². The van der Waals surface area contributed by atoms with Crippen LogP contribution in [0.25, 0.3) is 10.9 Å².